The number of methoxy groups -OCH3 is 2. The largest absolute Gasteiger partial charge is 0.507 e. The number of ether oxygens (including phenoxy) is 2. The Morgan fingerprint density at radius 2 is 1.35 bits per heavy atom. The van der Waals surface area contributed by atoms with Crippen LogP contribution in [0.3, 0.4) is 0 Å². The molecule has 0 amide bonds. The van der Waals surface area contributed by atoms with Crippen molar-refractivity contribution in [3.63, 3.8) is 0 Å². The van der Waals surface area contributed by atoms with E-state index >= 15 is 0 Å². The molecule has 0 fully saturated rings. The van der Waals surface area contributed by atoms with Crippen molar-refractivity contribution in [1.82, 2.24) is 0 Å². The summed E-state index contributed by atoms with van der Waals surface area (Å²) >= 11 is 0. The molecule has 0 saturated carbocycles. The molecule has 2 aromatic rings. The molecule has 0 radical (unpaired) electrons. The Morgan fingerprint density at radius 1 is 0.783 bits per heavy atom. The van der Waals surface area contributed by atoms with E-state index in [1.54, 1.807) is 14.2 Å². The number of aromatic hydroxyl groups is 1. The Kier molecular flexibility index (Phi) is 5.91. The molecule has 0 aromatic heterocycles. The van der Waals surface area contributed by atoms with E-state index in [-0.39, 0.29) is 0 Å². The van der Waals surface area contributed by atoms with Gasteiger partial charge in [0.15, 0.2) is 11.5 Å². The molecule has 2 rings (SSSR count). The summed E-state index contributed by atoms with van der Waals surface area (Å²) in [5, 5.41) is 9.82. The first kappa shape index (κ1) is 17.2. The summed E-state index contributed by atoms with van der Waals surface area (Å²) in [5.74, 6) is 1.97. The van der Waals surface area contributed by atoms with Gasteiger partial charge in [-0.25, -0.2) is 0 Å². The SMILES string of the molecule is COc1ccc(CCCCc2cc(C)c(O)c(C)c2)cc1OC. The maximum atomic E-state index is 9.82. The second kappa shape index (κ2) is 7.91. The Labute approximate surface area is 138 Å². The normalized spacial score (nSPS) is 10.6. The van der Waals surface area contributed by atoms with Gasteiger partial charge in [-0.3, -0.25) is 0 Å². The third-order valence-corrected chi connectivity index (χ3v) is 4.18. The zero-order chi connectivity index (χ0) is 16.8. The third kappa shape index (κ3) is 4.41. The Bertz CT molecular complexity index is 639. The van der Waals surface area contributed by atoms with Crippen molar-refractivity contribution in [3.05, 3.63) is 52.6 Å². The van der Waals surface area contributed by atoms with Gasteiger partial charge in [0.05, 0.1) is 14.2 Å². The van der Waals surface area contributed by atoms with Crippen molar-refractivity contribution in [2.24, 2.45) is 0 Å². The highest BCUT2D eigenvalue weighted by Gasteiger charge is 2.06. The number of benzene rings is 2. The standard InChI is InChI=1S/C20H26O3/c1-14-11-17(12-15(2)20(14)21)8-6-5-7-16-9-10-18(22-3)19(13-16)23-4/h9-13,21H,5-8H2,1-4H3. The summed E-state index contributed by atoms with van der Waals surface area (Å²) in [6, 6.07) is 10.3. The van der Waals surface area contributed by atoms with Gasteiger partial charge in [0, 0.05) is 0 Å². The summed E-state index contributed by atoms with van der Waals surface area (Å²) in [7, 11) is 3.32. The molecule has 3 heteroatoms. The van der Waals surface area contributed by atoms with Crippen LogP contribution < -0.4 is 9.47 Å². The first-order valence-electron chi connectivity index (χ1n) is 8.05. The summed E-state index contributed by atoms with van der Waals surface area (Å²) in [6.45, 7) is 3.91. The lowest BCUT2D eigenvalue weighted by Crippen LogP contribution is -1.94. The lowest BCUT2D eigenvalue weighted by Gasteiger charge is -2.10. The maximum absolute atomic E-state index is 9.82. The van der Waals surface area contributed by atoms with Gasteiger partial charge < -0.3 is 14.6 Å². The third-order valence-electron chi connectivity index (χ3n) is 4.18. The molecule has 124 valence electrons. The van der Waals surface area contributed by atoms with Crippen molar-refractivity contribution >= 4 is 0 Å². The van der Waals surface area contributed by atoms with E-state index in [0.29, 0.717) is 5.75 Å². The molecule has 0 spiro atoms. The molecule has 0 bridgehead atoms. The van der Waals surface area contributed by atoms with Crippen LogP contribution in [0.5, 0.6) is 17.2 Å². The topological polar surface area (TPSA) is 38.7 Å². The van der Waals surface area contributed by atoms with Crippen LogP contribution in [0.4, 0.5) is 0 Å². The van der Waals surface area contributed by atoms with Crippen molar-refractivity contribution in [1.29, 1.82) is 0 Å². The molecular formula is C20H26O3. The van der Waals surface area contributed by atoms with Crippen LogP contribution in [0, 0.1) is 13.8 Å². The highest BCUT2D eigenvalue weighted by Crippen LogP contribution is 2.28. The maximum Gasteiger partial charge on any atom is 0.160 e. The number of unbranched alkanes of at least 4 members (excludes halogenated alkanes) is 1. The second-order valence-electron chi connectivity index (χ2n) is 5.97. The fraction of sp³-hybridized carbons (Fsp3) is 0.400. The minimum atomic E-state index is 0.416. The van der Waals surface area contributed by atoms with Crippen LogP contribution in [0.25, 0.3) is 0 Å². The monoisotopic (exact) mass is 314 g/mol. The Hall–Kier alpha value is -2.16. The summed E-state index contributed by atoms with van der Waals surface area (Å²) in [4.78, 5) is 0. The van der Waals surface area contributed by atoms with Crippen LogP contribution in [0.15, 0.2) is 30.3 Å². The van der Waals surface area contributed by atoms with Gasteiger partial charge in [-0.1, -0.05) is 18.2 Å². The first-order chi connectivity index (χ1) is 11.0. The zero-order valence-corrected chi connectivity index (χ0v) is 14.5. The van der Waals surface area contributed by atoms with Crippen LogP contribution in [0.2, 0.25) is 0 Å². The van der Waals surface area contributed by atoms with E-state index < -0.39 is 0 Å². The van der Waals surface area contributed by atoms with E-state index in [0.717, 1.165) is 48.3 Å². The molecule has 0 atom stereocenters. The number of rotatable bonds is 7. The Morgan fingerprint density at radius 3 is 1.91 bits per heavy atom. The van der Waals surface area contributed by atoms with Crippen LogP contribution in [-0.2, 0) is 12.8 Å². The highest BCUT2D eigenvalue weighted by atomic mass is 16.5. The molecule has 2 aromatic carbocycles. The van der Waals surface area contributed by atoms with Crippen molar-refractivity contribution in [2.75, 3.05) is 14.2 Å². The fourth-order valence-electron chi connectivity index (χ4n) is 2.88. The second-order valence-corrected chi connectivity index (χ2v) is 5.97. The van der Waals surface area contributed by atoms with Crippen molar-refractivity contribution in [3.8, 4) is 17.2 Å². The van der Waals surface area contributed by atoms with Gasteiger partial charge in [0.25, 0.3) is 0 Å². The Balaban J connectivity index is 1.88. The van der Waals surface area contributed by atoms with Gasteiger partial charge >= 0.3 is 0 Å². The lowest BCUT2D eigenvalue weighted by atomic mass is 10.00. The van der Waals surface area contributed by atoms with E-state index in [9.17, 15) is 5.11 Å². The molecular weight excluding hydrogens is 288 g/mol. The van der Waals surface area contributed by atoms with Gasteiger partial charge in [0.1, 0.15) is 5.75 Å². The molecule has 0 saturated heterocycles. The molecule has 0 aliphatic rings. The minimum Gasteiger partial charge on any atom is -0.507 e. The number of hydrogen-bond donors (Lipinski definition) is 1. The van der Waals surface area contributed by atoms with E-state index in [1.807, 2.05) is 26.0 Å². The van der Waals surface area contributed by atoms with E-state index in [2.05, 4.69) is 18.2 Å². The van der Waals surface area contributed by atoms with Crippen LogP contribution in [-0.4, -0.2) is 19.3 Å². The highest BCUT2D eigenvalue weighted by molar-refractivity contribution is 5.43. The van der Waals surface area contributed by atoms with Crippen molar-refractivity contribution in [2.45, 2.75) is 39.5 Å². The quantitative estimate of drug-likeness (QED) is 0.760. The van der Waals surface area contributed by atoms with Gasteiger partial charge in [0.2, 0.25) is 0 Å². The predicted molar refractivity (Wildman–Crippen MR) is 93.8 cm³/mol. The number of phenols is 1. The number of phenolic OH excluding ortho intramolecular Hbond substituents is 1. The van der Waals surface area contributed by atoms with Crippen molar-refractivity contribution < 1.29 is 14.6 Å². The van der Waals surface area contributed by atoms with E-state index in [4.69, 9.17) is 9.47 Å². The van der Waals surface area contributed by atoms with Crippen LogP contribution in [0.1, 0.15) is 35.1 Å². The number of hydrogen-bond acceptors (Lipinski definition) is 3. The summed E-state index contributed by atoms with van der Waals surface area (Å²) < 4.78 is 10.6. The van der Waals surface area contributed by atoms with Gasteiger partial charge in [-0.2, -0.15) is 0 Å². The molecule has 23 heavy (non-hydrogen) atoms. The number of aryl methyl sites for hydroxylation is 4. The van der Waals surface area contributed by atoms with Crippen LogP contribution >= 0.6 is 0 Å². The average molecular weight is 314 g/mol. The molecule has 0 aliphatic heterocycles. The minimum absolute atomic E-state index is 0.416. The fourth-order valence-corrected chi connectivity index (χ4v) is 2.88. The molecule has 0 unspecified atom stereocenters. The summed E-state index contributed by atoms with van der Waals surface area (Å²) in [6.07, 6.45) is 4.30. The molecule has 0 heterocycles. The van der Waals surface area contributed by atoms with E-state index in [1.165, 1.54) is 11.1 Å². The predicted octanol–water partition coefficient (Wildman–Crippen LogP) is 4.59. The average Bonchev–Trinajstić information content (AvgIpc) is 2.56. The smallest absolute Gasteiger partial charge is 0.160 e. The molecule has 3 nitrogen and oxygen atoms in total. The first-order valence-corrected chi connectivity index (χ1v) is 8.05. The lowest BCUT2D eigenvalue weighted by molar-refractivity contribution is 0.354. The molecule has 1 N–H and O–H groups in total. The zero-order valence-electron chi connectivity index (χ0n) is 14.5. The van der Waals surface area contributed by atoms with Gasteiger partial charge in [-0.15, -0.1) is 0 Å². The molecule has 0 aliphatic carbocycles. The summed E-state index contributed by atoms with van der Waals surface area (Å²) in [5.41, 5.74) is 4.48. The van der Waals surface area contributed by atoms with Gasteiger partial charge in [-0.05, 0) is 73.9 Å².